The Morgan fingerprint density at radius 3 is 3.07 bits per heavy atom. The first-order valence-corrected chi connectivity index (χ1v) is 6.18. The molecule has 1 aromatic heterocycles. The van der Waals surface area contributed by atoms with Crippen LogP contribution in [0.25, 0.3) is 0 Å². The summed E-state index contributed by atoms with van der Waals surface area (Å²) in [4.78, 5) is 4.45. The molecule has 0 radical (unpaired) electrons. The van der Waals surface area contributed by atoms with Gasteiger partial charge >= 0.3 is 0 Å². The molecule has 1 aromatic rings. The Morgan fingerprint density at radius 1 is 1.47 bits per heavy atom. The van der Waals surface area contributed by atoms with Gasteiger partial charge in [0.25, 0.3) is 0 Å². The van der Waals surface area contributed by atoms with E-state index in [4.69, 9.17) is 6.42 Å². The summed E-state index contributed by atoms with van der Waals surface area (Å²) < 4.78 is 4.33. The summed E-state index contributed by atoms with van der Waals surface area (Å²) in [7, 11) is 0. The second-order valence-corrected chi connectivity index (χ2v) is 4.57. The number of anilines is 1. The summed E-state index contributed by atoms with van der Waals surface area (Å²) in [5, 5.41) is 4.24. The molecule has 2 rings (SSSR count). The largest absolute Gasteiger partial charge is 0.360 e. The van der Waals surface area contributed by atoms with Crippen LogP contribution in [0.4, 0.5) is 5.13 Å². The van der Waals surface area contributed by atoms with Crippen LogP contribution in [0.3, 0.4) is 0 Å². The average molecular weight is 221 g/mol. The van der Waals surface area contributed by atoms with Crippen molar-refractivity contribution in [2.75, 3.05) is 11.9 Å². The molecule has 0 bridgehead atoms. The van der Waals surface area contributed by atoms with Gasteiger partial charge in [-0.3, -0.25) is 0 Å². The standard InChI is InChI=1S/C11H15N3S/c1-2-3-4-5-8-12-11-13-10(14-15-11)9-6-7-9/h1,9H,3-8H2,(H,12,13,14). The molecule has 1 aliphatic carbocycles. The van der Waals surface area contributed by atoms with Crippen LogP contribution in [0.15, 0.2) is 0 Å². The quantitative estimate of drug-likeness (QED) is 0.592. The Kier molecular flexibility index (Phi) is 3.57. The Balaban J connectivity index is 1.67. The maximum atomic E-state index is 5.17. The van der Waals surface area contributed by atoms with Gasteiger partial charge in [-0.05, 0) is 25.7 Å². The van der Waals surface area contributed by atoms with Crippen LogP contribution >= 0.6 is 11.5 Å². The molecule has 0 unspecified atom stereocenters. The highest BCUT2D eigenvalue weighted by atomic mass is 32.1. The first-order valence-electron chi connectivity index (χ1n) is 5.41. The van der Waals surface area contributed by atoms with Crippen LogP contribution in [0.1, 0.15) is 43.8 Å². The summed E-state index contributed by atoms with van der Waals surface area (Å²) in [5.41, 5.74) is 0. The van der Waals surface area contributed by atoms with Crippen molar-refractivity contribution in [3.8, 4) is 12.3 Å². The van der Waals surface area contributed by atoms with E-state index in [0.29, 0.717) is 5.92 Å². The summed E-state index contributed by atoms with van der Waals surface area (Å²) >= 11 is 1.47. The number of unbranched alkanes of at least 4 members (excludes halogenated alkanes) is 2. The van der Waals surface area contributed by atoms with Gasteiger partial charge in [0.1, 0.15) is 5.82 Å². The third kappa shape index (κ3) is 3.21. The smallest absolute Gasteiger partial charge is 0.202 e. The summed E-state index contributed by atoms with van der Waals surface area (Å²) in [6.07, 6.45) is 10.7. The average Bonchev–Trinajstić information content (AvgIpc) is 2.99. The van der Waals surface area contributed by atoms with Gasteiger partial charge in [-0.2, -0.15) is 4.37 Å². The summed E-state index contributed by atoms with van der Waals surface area (Å²) in [6.45, 7) is 0.945. The van der Waals surface area contributed by atoms with Crippen molar-refractivity contribution in [2.24, 2.45) is 0 Å². The lowest BCUT2D eigenvalue weighted by Gasteiger charge is -1.99. The van der Waals surface area contributed by atoms with E-state index >= 15 is 0 Å². The minimum absolute atomic E-state index is 0.651. The molecule has 0 saturated heterocycles. The molecule has 1 fully saturated rings. The predicted octanol–water partition coefficient (Wildman–Crippen LogP) is 2.63. The highest BCUT2D eigenvalue weighted by molar-refractivity contribution is 7.09. The fourth-order valence-electron chi connectivity index (χ4n) is 1.36. The van der Waals surface area contributed by atoms with Crippen molar-refractivity contribution in [3.05, 3.63) is 5.82 Å². The van der Waals surface area contributed by atoms with E-state index in [-0.39, 0.29) is 0 Å². The number of aromatic nitrogens is 2. The summed E-state index contributed by atoms with van der Waals surface area (Å²) in [6, 6.07) is 0. The molecule has 80 valence electrons. The fourth-order valence-corrected chi connectivity index (χ4v) is 2.03. The van der Waals surface area contributed by atoms with Gasteiger partial charge < -0.3 is 5.32 Å². The topological polar surface area (TPSA) is 37.8 Å². The summed E-state index contributed by atoms with van der Waals surface area (Å²) in [5.74, 6) is 4.33. The van der Waals surface area contributed by atoms with Gasteiger partial charge in [0.15, 0.2) is 0 Å². The number of rotatable bonds is 6. The maximum Gasteiger partial charge on any atom is 0.202 e. The van der Waals surface area contributed by atoms with Gasteiger partial charge in [-0.25, -0.2) is 4.98 Å². The van der Waals surface area contributed by atoms with Crippen LogP contribution in [0.5, 0.6) is 0 Å². The monoisotopic (exact) mass is 221 g/mol. The van der Waals surface area contributed by atoms with E-state index in [2.05, 4.69) is 20.6 Å². The highest BCUT2D eigenvalue weighted by Crippen LogP contribution is 2.39. The van der Waals surface area contributed by atoms with Gasteiger partial charge in [0.05, 0.1) is 0 Å². The van der Waals surface area contributed by atoms with Gasteiger partial charge in [-0.1, -0.05) is 0 Å². The minimum atomic E-state index is 0.651. The molecule has 1 N–H and O–H groups in total. The third-order valence-corrected chi connectivity index (χ3v) is 3.10. The third-order valence-electron chi connectivity index (χ3n) is 2.41. The van der Waals surface area contributed by atoms with Crippen molar-refractivity contribution < 1.29 is 0 Å². The van der Waals surface area contributed by atoms with E-state index in [9.17, 15) is 0 Å². The molecule has 3 nitrogen and oxygen atoms in total. The first-order chi connectivity index (χ1) is 7.40. The van der Waals surface area contributed by atoms with Gasteiger partial charge in [0.2, 0.25) is 5.13 Å². The first kappa shape index (κ1) is 10.4. The zero-order valence-corrected chi connectivity index (χ0v) is 9.52. The molecule has 0 aliphatic heterocycles. The maximum absolute atomic E-state index is 5.17. The molecule has 0 atom stereocenters. The lowest BCUT2D eigenvalue weighted by Crippen LogP contribution is -2.00. The number of nitrogens with zero attached hydrogens (tertiary/aromatic N) is 2. The van der Waals surface area contributed by atoms with Crippen LogP contribution in [-0.4, -0.2) is 15.9 Å². The van der Waals surface area contributed by atoms with Crippen LogP contribution < -0.4 is 5.32 Å². The second kappa shape index (κ2) is 5.13. The molecule has 1 heterocycles. The SMILES string of the molecule is C#CCCCCNc1nc(C2CC2)ns1. The highest BCUT2D eigenvalue weighted by Gasteiger charge is 2.27. The van der Waals surface area contributed by atoms with Gasteiger partial charge in [0, 0.05) is 30.4 Å². The van der Waals surface area contributed by atoms with Crippen molar-refractivity contribution in [2.45, 2.75) is 38.0 Å². The van der Waals surface area contributed by atoms with E-state index in [0.717, 1.165) is 36.8 Å². The molecule has 0 spiro atoms. The normalized spacial score (nSPS) is 14.9. The Bertz CT molecular complexity index is 349. The predicted molar refractivity (Wildman–Crippen MR) is 63.1 cm³/mol. The molecule has 15 heavy (non-hydrogen) atoms. The fraction of sp³-hybridized carbons (Fsp3) is 0.636. The van der Waals surface area contributed by atoms with Crippen molar-refractivity contribution in [1.82, 2.24) is 9.36 Å². The number of hydrogen-bond acceptors (Lipinski definition) is 4. The zero-order chi connectivity index (χ0) is 10.5. The molecule has 1 saturated carbocycles. The molecule has 4 heteroatoms. The minimum Gasteiger partial charge on any atom is -0.360 e. The lowest BCUT2D eigenvalue weighted by molar-refractivity contribution is 0.788. The molecule has 1 aliphatic rings. The van der Waals surface area contributed by atoms with E-state index in [1.807, 2.05) is 0 Å². The molecule has 0 amide bonds. The Labute approximate surface area is 94.5 Å². The number of terminal acetylenes is 1. The van der Waals surface area contributed by atoms with Crippen molar-refractivity contribution in [1.29, 1.82) is 0 Å². The van der Waals surface area contributed by atoms with E-state index in [1.54, 1.807) is 0 Å². The molecule has 0 aromatic carbocycles. The van der Waals surface area contributed by atoms with Crippen molar-refractivity contribution in [3.63, 3.8) is 0 Å². The molecular formula is C11H15N3S. The second-order valence-electron chi connectivity index (χ2n) is 3.82. The van der Waals surface area contributed by atoms with Crippen LogP contribution in [-0.2, 0) is 0 Å². The molecular weight excluding hydrogens is 206 g/mol. The van der Waals surface area contributed by atoms with Gasteiger partial charge in [-0.15, -0.1) is 12.3 Å². The van der Waals surface area contributed by atoms with Crippen LogP contribution in [0.2, 0.25) is 0 Å². The zero-order valence-electron chi connectivity index (χ0n) is 8.70. The Hall–Kier alpha value is -1.08. The van der Waals surface area contributed by atoms with Crippen molar-refractivity contribution >= 4 is 16.7 Å². The van der Waals surface area contributed by atoms with E-state index < -0.39 is 0 Å². The number of hydrogen-bond donors (Lipinski definition) is 1. The van der Waals surface area contributed by atoms with Crippen LogP contribution in [0, 0.1) is 12.3 Å². The Morgan fingerprint density at radius 2 is 2.33 bits per heavy atom. The van der Waals surface area contributed by atoms with E-state index in [1.165, 1.54) is 24.4 Å². The number of nitrogens with one attached hydrogen (secondary N) is 1. The lowest BCUT2D eigenvalue weighted by atomic mass is 10.2.